The maximum absolute atomic E-state index is 13.9. The smallest absolute Gasteiger partial charge is 0.189 e. The van der Waals surface area contributed by atoms with Crippen LogP contribution in [0.1, 0.15) is 18.4 Å². The van der Waals surface area contributed by atoms with Crippen LogP contribution in [0.3, 0.4) is 0 Å². The summed E-state index contributed by atoms with van der Waals surface area (Å²) in [7, 11) is 0. The summed E-state index contributed by atoms with van der Waals surface area (Å²) in [6.07, 6.45) is 1.90. The van der Waals surface area contributed by atoms with Crippen LogP contribution in [0.5, 0.6) is 0 Å². The van der Waals surface area contributed by atoms with Gasteiger partial charge >= 0.3 is 0 Å². The third-order valence-electron chi connectivity index (χ3n) is 5.76. The second kappa shape index (κ2) is 6.91. The van der Waals surface area contributed by atoms with E-state index in [2.05, 4.69) is 6.07 Å². The highest BCUT2D eigenvalue weighted by molar-refractivity contribution is 6.00. The van der Waals surface area contributed by atoms with E-state index < -0.39 is 28.9 Å². The van der Waals surface area contributed by atoms with Gasteiger partial charge in [-0.2, -0.15) is 15.8 Å². The third kappa shape index (κ3) is 2.70. The molecule has 0 spiro atoms. The van der Waals surface area contributed by atoms with Crippen molar-refractivity contribution in [2.75, 3.05) is 19.6 Å². The lowest BCUT2D eigenvalue weighted by Crippen LogP contribution is -3.13. The van der Waals surface area contributed by atoms with E-state index in [1.54, 1.807) is 0 Å². The van der Waals surface area contributed by atoms with E-state index in [1.807, 2.05) is 25.1 Å². The molecule has 2 aliphatic rings. The molecule has 0 bridgehead atoms. The first kappa shape index (κ1) is 18.7. The highest BCUT2D eigenvalue weighted by Gasteiger charge is 2.58. The number of hydrogen-bond acceptors (Lipinski definition) is 4. The topological polar surface area (TPSA) is 99.7 Å². The van der Waals surface area contributed by atoms with Gasteiger partial charge < -0.3 is 10.3 Å². The maximum Gasteiger partial charge on any atom is 0.189 e. The van der Waals surface area contributed by atoms with Crippen LogP contribution in [0.15, 0.2) is 29.8 Å². The van der Waals surface area contributed by atoms with Crippen molar-refractivity contribution in [1.82, 2.24) is 0 Å². The summed E-state index contributed by atoms with van der Waals surface area (Å²) in [5.74, 6) is -4.25. The number of rotatable bonds is 2. The highest BCUT2D eigenvalue weighted by Crippen LogP contribution is 2.52. The number of quaternary nitrogens is 1. The lowest BCUT2D eigenvalue weighted by atomic mass is 9.54. The average molecular weight is 366 g/mol. The molecule has 3 rings (SSSR count). The predicted molar refractivity (Wildman–Crippen MR) is 92.4 cm³/mol. The minimum atomic E-state index is -1.90. The Labute approximate surface area is 156 Å². The third-order valence-corrected chi connectivity index (χ3v) is 5.76. The Balaban J connectivity index is 2.26. The molecule has 1 fully saturated rings. The standard InChI is InChI=1S/C20H17F2N5/c1-2-27-6-5-13-14(8-23)19(26)20(10-24,11-25)18(15(13)9-27)12-3-4-16(21)17(22)7-12/h3-5,7,14-15,18,26H,2,6,9H2,1H3/p+1/t14?,15-,18-/m1/s1. The molecular weight excluding hydrogens is 348 g/mol. The van der Waals surface area contributed by atoms with Crippen molar-refractivity contribution in [3.05, 3.63) is 47.0 Å². The average Bonchev–Trinajstić information content (AvgIpc) is 2.69. The molecule has 0 radical (unpaired) electrons. The molecule has 1 heterocycles. The van der Waals surface area contributed by atoms with Gasteiger partial charge in [0.25, 0.3) is 0 Å². The zero-order valence-electron chi connectivity index (χ0n) is 14.8. The Hall–Kier alpha value is -3.08. The van der Waals surface area contributed by atoms with Gasteiger partial charge in [0.05, 0.1) is 43.6 Å². The monoisotopic (exact) mass is 366 g/mol. The summed E-state index contributed by atoms with van der Waals surface area (Å²) in [6.45, 7) is 4.06. The predicted octanol–water partition coefficient (Wildman–Crippen LogP) is 1.72. The van der Waals surface area contributed by atoms with Crippen LogP contribution >= 0.6 is 0 Å². The van der Waals surface area contributed by atoms with Gasteiger partial charge in [-0.25, -0.2) is 8.78 Å². The molecule has 1 aliphatic carbocycles. The number of nitrogens with zero attached hydrogens (tertiary/aromatic N) is 3. The molecule has 1 aliphatic heterocycles. The van der Waals surface area contributed by atoms with Crippen molar-refractivity contribution in [2.24, 2.45) is 17.3 Å². The highest BCUT2D eigenvalue weighted by atomic mass is 19.2. The quantitative estimate of drug-likeness (QED) is 0.780. The first-order valence-corrected chi connectivity index (χ1v) is 8.73. The number of fused-ring (bicyclic) bond motifs is 1. The number of nitriles is 3. The minimum Gasteiger partial charge on any atom is -0.331 e. The Morgan fingerprint density at radius 2 is 1.93 bits per heavy atom. The zero-order valence-corrected chi connectivity index (χ0v) is 14.8. The molecule has 2 N–H and O–H groups in total. The largest absolute Gasteiger partial charge is 0.331 e. The van der Waals surface area contributed by atoms with Gasteiger partial charge in [0.15, 0.2) is 17.0 Å². The summed E-state index contributed by atoms with van der Waals surface area (Å²) in [4.78, 5) is 1.20. The fourth-order valence-electron chi connectivity index (χ4n) is 4.33. The van der Waals surface area contributed by atoms with Gasteiger partial charge in [-0.3, -0.25) is 0 Å². The molecule has 1 aromatic carbocycles. The van der Waals surface area contributed by atoms with E-state index in [9.17, 15) is 24.6 Å². The van der Waals surface area contributed by atoms with E-state index in [1.165, 1.54) is 11.0 Å². The first-order valence-electron chi connectivity index (χ1n) is 8.73. The van der Waals surface area contributed by atoms with Crippen LogP contribution in [0.2, 0.25) is 0 Å². The summed E-state index contributed by atoms with van der Waals surface area (Å²) in [5, 5.41) is 37.8. The van der Waals surface area contributed by atoms with Crippen molar-refractivity contribution in [3.63, 3.8) is 0 Å². The molecule has 5 nitrogen and oxygen atoms in total. The van der Waals surface area contributed by atoms with Crippen LogP contribution in [0, 0.1) is 68.3 Å². The fraction of sp³-hybridized carbons (Fsp3) is 0.400. The van der Waals surface area contributed by atoms with Crippen LogP contribution in [-0.4, -0.2) is 25.3 Å². The molecule has 1 aromatic rings. The van der Waals surface area contributed by atoms with Crippen molar-refractivity contribution in [1.29, 1.82) is 21.2 Å². The molecule has 7 heteroatoms. The lowest BCUT2D eigenvalue weighted by Gasteiger charge is -2.46. The first-order chi connectivity index (χ1) is 12.9. The van der Waals surface area contributed by atoms with Crippen molar-refractivity contribution in [3.8, 4) is 18.2 Å². The molecule has 27 heavy (non-hydrogen) atoms. The van der Waals surface area contributed by atoms with Gasteiger partial charge in [-0.1, -0.05) is 6.07 Å². The zero-order chi connectivity index (χ0) is 19.8. The van der Waals surface area contributed by atoms with Gasteiger partial charge in [-0.15, -0.1) is 0 Å². The molecule has 0 aromatic heterocycles. The second-order valence-electron chi connectivity index (χ2n) is 6.98. The molecule has 136 valence electrons. The number of nitrogens with one attached hydrogen (secondary N) is 2. The molecule has 4 atom stereocenters. The number of likely N-dealkylation sites (N-methyl/N-ethyl adjacent to an activating group) is 1. The van der Waals surface area contributed by atoms with Crippen LogP contribution < -0.4 is 4.90 Å². The lowest BCUT2D eigenvalue weighted by molar-refractivity contribution is -0.897. The normalized spacial score (nSPS) is 28.9. The van der Waals surface area contributed by atoms with Crippen molar-refractivity contribution in [2.45, 2.75) is 12.8 Å². The Kier molecular flexibility index (Phi) is 4.79. The van der Waals surface area contributed by atoms with Crippen LogP contribution in [-0.2, 0) is 0 Å². The van der Waals surface area contributed by atoms with Crippen LogP contribution in [0.4, 0.5) is 8.78 Å². The SMILES string of the molecule is CC[NH+]1CC=C2C(C#N)C(=N)C(C#N)(C#N)[C@H](c3ccc(F)c(F)c3)[C@@H]2C1. The number of hydrogen-bond donors (Lipinski definition) is 2. The van der Waals surface area contributed by atoms with E-state index in [0.29, 0.717) is 24.2 Å². The summed E-state index contributed by atoms with van der Waals surface area (Å²) in [6, 6.07) is 9.28. The van der Waals surface area contributed by atoms with Gasteiger partial charge in [0.2, 0.25) is 0 Å². The van der Waals surface area contributed by atoms with Gasteiger partial charge in [0.1, 0.15) is 5.92 Å². The molecule has 0 saturated heterocycles. The maximum atomic E-state index is 13.9. The molecule has 1 saturated carbocycles. The van der Waals surface area contributed by atoms with Gasteiger partial charge in [-0.05, 0) is 36.3 Å². The van der Waals surface area contributed by atoms with Crippen LogP contribution in [0.25, 0.3) is 0 Å². The minimum absolute atomic E-state index is 0.285. The second-order valence-corrected chi connectivity index (χ2v) is 6.98. The molecular formula is C20H18F2N5+. The van der Waals surface area contributed by atoms with E-state index in [0.717, 1.165) is 18.7 Å². The summed E-state index contributed by atoms with van der Waals surface area (Å²) in [5.41, 5.74) is -1.18. The molecule has 0 amide bonds. The van der Waals surface area contributed by atoms with Crippen molar-refractivity contribution >= 4 is 5.71 Å². The fourth-order valence-corrected chi connectivity index (χ4v) is 4.33. The summed E-state index contributed by atoms with van der Waals surface area (Å²) < 4.78 is 27.4. The van der Waals surface area contributed by atoms with Crippen molar-refractivity contribution < 1.29 is 13.7 Å². The summed E-state index contributed by atoms with van der Waals surface area (Å²) >= 11 is 0. The van der Waals surface area contributed by atoms with E-state index >= 15 is 0 Å². The Bertz CT molecular complexity index is 933. The Morgan fingerprint density at radius 3 is 2.48 bits per heavy atom. The molecule has 2 unspecified atom stereocenters. The Morgan fingerprint density at radius 1 is 1.22 bits per heavy atom. The number of benzene rings is 1. The van der Waals surface area contributed by atoms with E-state index in [-0.39, 0.29) is 11.6 Å². The van der Waals surface area contributed by atoms with E-state index in [4.69, 9.17) is 5.41 Å². The number of halogens is 2. The van der Waals surface area contributed by atoms with Gasteiger partial charge in [0, 0.05) is 11.8 Å².